The first kappa shape index (κ1) is 23.4. The van der Waals surface area contributed by atoms with E-state index in [0.29, 0.717) is 35.3 Å². The Bertz CT molecular complexity index is 867. The smallest absolute Gasteiger partial charge is 0.338 e. The van der Waals surface area contributed by atoms with Gasteiger partial charge in [0.15, 0.2) is 5.16 Å². The van der Waals surface area contributed by atoms with Gasteiger partial charge in [-0.25, -0.2) is 9.78 Å². The highest BCUT2D eigenvalue weighted by Crippen LogP contribution is 2.19. The van der Waals surface area contributed by atoms with Crippen molar-refractivity contribution in [2.24, 2.45) is 0 Å². The zero-order chi connectivity index (χ0) is 21.9. The average molecular weight is 435 g/mol. The normalized spacial score (nSPS) is 10.5. The molecule has 0 atom stereocenters. The van der Waals surface area contributed by atoms with Gasteiger partial charge in [-0.3, -0.25) is 9.59 Å². The van der Waals surface area contributed by atoms with Crippen molar-refractivity contribution in [1.82, 2.24) is 14.9 Å². The minimum atomic E-state index is -0.416. The van der Waals surface area contributed by atoms with Crippen molar-refractivity contribution in [2.45, 2.75) is 38.6 Å². The maximum atomic E-state index is 12.3. The molecule has 0 unspecified atom stereocenters. The Morgan fingerprint density at radius 3 is 2.53 bits per heavy atom. The highest BCUT2D eigenvalue weighted by Gasteiger charge is 2.15. The first-order valence-electron chi connectivity index (χ1n) is 9.60. The standard InChI is InChI=1S/C20H26N4O5S/c1-3-9-21-17(26)11-24-16(12-25)10-22-20(24)30-13-18(27)23-15-7-5-14(6-8-15)19(28)29-4-2/h5-8,10,25H,3-4,9,11-13H2,1-2H3,(H,21,26)(H,23,27). The number of nitrogens with zero attached hydrogens (tertiary/aromatic N) is 2. The van der Waals surface area contributed by atoms with E-state index in [0.717, 1.165) is 6.42 Å². The third-order valence-electron chi connectivity index (χ3n) is 3.95. The summed E-state index contributed by atoms with van der Waals surface area (Å²) < 4.78 is 6.52. The molecule has 0 radical (unpaired) electrons. The molecule has 162 valence electrons. The number of nitrogens with one attached hydrogen (secondary N) is 2. The van der Waals surface area contributed by atoms with E-state index in [9.17, 15) is 19.5 Å². The van der Waals surface area contributed by atoms with Crippen LogP contribution in [0, 0.1) is 0 Å². The summed E-state index contributed by atoms with van der Waals surface area (Å²) in [6, 6.07) is 6.40. The van der Waals surface area contributed by atoms with Gasteiger partial charge in [0.05, 0.1) is 36.4 Å². The quantitative estimate of drug-likeness (QED) is 0.364. The van der Waals surface area contributed by atoms with Crippen molar-refractivity contribution in [3.63, 3.8) is 0 Å². The monoisotopic (exact) mass is 434 g/mol. The number of carbonyl (C=O) groups excluding carboxylic acids is 3. The number of anilines is 1. The maximum absolute atomic E-state index is 12.3. The molecule has 0 spiro atoms. The molecule has 0 fully saturated rings. The first-order chi connectivity index (χ1) is 14.5. The molecule has 3 N–H and O–H groups in total. The lowest BCUT2D eigenvalue weighted by Gasteiger charge is -2.11. The SMILES string of the molecule is CCCNC(=O)Cn1c(CO)cnc1SCC(=O)Nc1ccc(C(=O)OCC)cc1. The molecule has 1 heterocycles. The van der Waals surface area contributed by atoms with Crippen molar-refractivity contribution in [3.05, 3.63) is 41.7 Å². The molecular formula is C20H26N4O5S. The number of aromatic nitrogens is 2. The van der Waals surface area contributed by atoms with Crippen LogP contribution in [0.1, 0.15) is 36.3 Å². The predicted octanol–water partition coefficient (Wildman–Crippen LogP) is 1.81. The van der Waals surface area contributed by atoms with Crippen LogP contribution in [-0.2, 0) is 27.5 Å². The van der Waals surface area contributed by atoms with Crippen molar-refractivity contribution in [1.29, 1.82) is 0 Å². The van der Waals surface area contributed by atoms with Crippen molar-refractivity contribution in [3.8, 4) is 0 Å². The molecule has 0 aliphatic carbocycles. The number of rotatable bonds is 11. The number of hydrogen-bond donors (Lipinski definition) is 3. The van der Waals surface area contributed by atoms with Crippen LogP contribution in [0.3, 0.4) is 0 Å². The summed E-state index contributed by atoms with van der Waals surface area (Å²) in [4.78, 5) is 40.2. The van der Waals surface area contributed by atoms with Crippen LogP contribution in [0.4, 0.5) is 5.69 Å². The van der Waals surface area contributed by atoms with Gasteiger partial charge in [0.2, 0.25) is 11.8 Å². The van der Waals surface area contributed by atoms with Crippen molar-refractivity contribution in [2.75, 3.05) is 24.2 Å². The molecule has 0 aliphatic heterocycles. The molecule has 10 heteroatoms. The Hall–Kier alpha value is -2.85. The molecule has 30 heavy (non-hydrogen) atoms. The van der Waals surface area contributed by atoms with Gasteiger partial charge in [-0.15, -0.1) is 0 Å². The summed E-state index contributed by atoms with van der Waals surface area (Å²) in [5.74, 6) is -0.796. The van der Waals surface area contributed by atoms with E-state index in [-0.39, 0.29) is 30.7 Å². The van der Waals surface area contributed by atoms with E-state index >= 15 is 0 Å². The van der Waals surface area contributed by atoms with Crippen LogP contribution < -0.4 is 10.6 Å². The Kier molecular flexibility index (Phi) is 9.36. The molecule has 0 aliphatic rings. The maximum Gasteiger partial charge on any atom is 0.338 e. The molecule has 2 rings (SSSR count). The van der Waals surface area contributed by atoms with Gasteiger partial charge in [0, 0.05) is 12.2 Å². The van der Waals surface area contributed by atoms with Crippen LogP contribution >= 0.6 is 11.8 Å². The lowest BCUT2D eigenvalue weighted by molar-refractivity contribution is -0.121. The van der Waals surface area contributed by atoms with E-state index in [1.54, 1.807) is 35.8 Å². The molecular weight excluding hydrogens is 408 g/mol. The number of imidazole rings is 1. The lowest BCUT2D eigenvalue weighted by Crippen LogP contribution is -2.29. The summed E-state index contributed by atoms with van der Waals surface area (Å²) in [6.07, 6.45) is 2.31. The average Bonchev–Trinajstić information content (AvgIpc) is 3.12. The van der Waals surface area contributed by atoms with Crippen LogP contribution in [0.5, 0.6) is 0 Å². The number of benzene rings is 1. The molecule has 0 saturated carbocycles. The lowest BCUT2D eigenvalue weighted by atomic mass is 10.2. The van der Waals surface area contributed by atoms with Crippen LogP contribution in [0.15, 0.2) is 35.6 Å². The first-order valence-corrected chi connectivity index (χ1v) is 10.6. The number of hydrogen-bond acceptors (Lipinski definition) is 7. The topological polar surface area (TPSA) is 123 Å². The largest absolute Gasteiger partial charge is 0.462 e. The van der Waals surface area contributed by atoms with Gasteiger partial charge < -0.3 is 25.0 Å². The van der Waals surface area contributed by atoms with Crippen molar-refractivity contribution < 1.29 is 24.2 Å². The fourth-order valence-electron chi connectivity index (χ4n) is 2.50. The van der Waals surface area contributed by atoms with Gasteiger partial charge in [-0.1, -0.05) is 18.7 Å². The number of ether oxygens (including phenoxy) is 1. The third kappa shape index (κ3) is 6.89. The fraction of sp³-hybridized carbons (Fsp3) is 0.400. The highest BCUT2D eigenvalue weighted by molar-refractivity contribution is 7.99. The summed E-state index contributed by atoms with van der Waals surface area (Å²) in [5.41, 5.74) is 1.45. The molecule has 2 aromatic rings. The van der Waals surface area contributed by atoms with Crippen molar-refractivity contribution >= 4 is 35.2 Å². The second kappa shape index (κ2) is 12.0. The second-order valence-corrected chi connectivity index (χ2v) is 7.20. The van der Waals surface area contributed by atoms with E-state index in [1.807, 2.05) is 6.92 Å². The molecule has 1 aromatic carbocycles. The highest BCUT2D eigenvalue weighted by atomic mass is 32.2. The Morgan fingerprint density at radius 2 is 1.90 bits per heavy atom. The number of esters is 1. The van der Waals surface area contributed by atoms with Gasteiger partial charge in [0.25, 0.3) is 0 Å². The number of aliphatic hydroxyl groups excluding tert-OH is 1. The zero-order valence-electron chi connectivity index (χ0n) is 17.0. The van der Waals surface area contributed by atoms with Crippen LogP contribution in [0.25, 0.3) is 0 Å². The molecule has 1 aromatic heterocycles. The van der Waals surface area contributed by atoms with Crippen LogP contribution in [0.2, 0.25) is 0 Å². The minimum Gasteiger partial charge on any atom is -0.462 e. The summed E-state index contributed by atoms with van der Waals surface area (Å²) in [6.45, 7) is 4.32. The van der Waals surface area contributed by atoms with Gasteiger partial charge in [-0.2, -0.15) is 0 Å². The van der Waals surface area contributed by atoms with E-state index < -0.39 is 5.97 Å². The van der Waals surface area contributed by atoms with Gasteiger partial charge in [-0.05, 0) is 37.6 Å². The number of thioether (sulfide) groups is 1. The summed E-state index contributed by atoms with van der Waals surface area (Å²) in [5, 5.41) is 15.5. The van der Waals surface area contributed by atoms with Gasteiger partial charge >= 0.3 is 5.97 Å². The predicted molar refractivity (Wildman–Crippen MR) is 113 cm³/mol. The zero-order valence-corrected chi connectivity index (χ0v) is 17.8. The van der Waals surface area contributed by atoms with E-state index in [2.05, 4.69) is 15.6 Å². The summed E-state index contributed by atoms with van der Waals surface area (Å²) >= 11 is 1.17. The minimum absolute atomic E-state index is 0.0230. The second-order valence-electron chi connectivity index (χ2n) is 6.26. The number of aliphatic hydroxyl groups is 1. The Labute approximate surface area is 179 Å². The summed E-state index contributed by atoms with van der Waals surface area (Å²) in [7, 11) is 0. The third-order valence-corrected chi connectivity index (χ3v) is 4.94. The number of amides is 2. The fourth-order valence-corrected chi connectivity index (χ4v) is 3.29. The van der Waals surface area contributed by atoms with E-state index in [4.69, 9.17) is 4.74 Å². The molecule has 2 amide bonds. The Balaban J connectivity index is 1.93. The molecule has 9 nitrogen and oxygen atoms in total. The molecule has 0 bridgehead atoms. The van der Waals surface area contributed by atoms with E-state index in [1.165, 1.54) is 18.0 Å². The number of carbonyl (C=O) groups is 3. The Morgan fingerprint density at radius 1 is 1.17 bits per heavy atom. The van der Waals surface area contributed by atoms with Gasteiger partial charge in [0.1, 0.15) is 6.54 Å². The molecule has 0 saturated heterocycles. The van der Waals surface area contributed by atoms with Crippen LogP contribution in [-0.4, -0.2) is 51.3 Å².